The molecule has 0 spiro atoms. The number of anilines is 2. The molecule has 1 saturated heterocycles. The average Bonchev–Trinajstić information content (AvgIpc) is 2.63. The highest BCUT2D eigenvalue weighted by atomic mass is 16.5. The first-order chi connectivity index (χ1) is 11.6. The zero-order valence-corrected chi connectivity index (χ0v) is 13.2. The summed E-state index contributed by atoms with van der Waals surface area (Å²) in [6, 6.07) is 14.0. The molecule has 0 bridgehead atoms. The molecule has 3 rings (SSSR count). The maximum Gasteiger partial charge on any atom is 0.255 e. The molecule has 0 aliphatic carbocycles. The van der Waals surface area contributed by atoms with Crippen LogP contribution in [0.15, 0.2) is 48.5 Å². The summed E-state index contributed by atoms with van der Waals surface area (Å²) >= 11 is 0. The van der Waals surface area contributed by atoms with Crippen LogP contribution in [-0.4, -0.2) is 38.1 Å². The number of ether oxygens (including phenoxy) is 1. The van der Waals surface area contributed by atoms with Gasteiger partial charge in [0.25, 0.3) is 5.91 Å². The molecule has 6 nitrogen and oxygen atoms in total. The van der Waals surface area contributed by atoms with E-state index < -0.39 is 5.91 Å². The second-order valence-electron chi connectivity index (χ2n) is 5.55. The minimum absolute atomic E-state index is 0.231. The van der Waals surface area contributed by atoms with Crippen molar-refractivity contribution in [1.82, 2.24) is 0 Å². The van der Waals surface area contributed by atoms with Crippen molar-refractivity contribution in [1.29, 1.82) is 0 Å². The molecule has 24 heavy (non-hydrogen) atoms. The van der Waals surface area contributed by atoms with Crippen molar-refractivity contribution in [3.63, 3.8) is 0 Å². The monoisotopic (exact) mass is 325 g/mol. The number of hydrogen-bond acceptors (Lipinski definition) is 4. The predicted molar refractivity (Wildman–Crippen MR) is 92.4 cm³/mol. The Labute approximate surface area is 140 Å². The zero-order chi connectivity index (χ0) is 16.9. The van der Waals surface area contributed by atoms with E-state index in [0.717, 1.165) is 24.5 Å². The van der Waals surface area contributed by atoms with Crippen molar-refractivity contribution in [2.45, 2.75) is 0 Å². The average molecular weight is 325 g/mol. The minimum Gasteiger partial charge on any atom is -0.378 e. The lowest BCUT2D eigenvalue weighted by Crippen LogP contribution is -2.36. The first kappa shape index (κ1) is 16.0. The van der Waals surface area contributed by atoms with E-state index in [2.05, 4.69) is 10.2 Å². The van der Waals surface area contributed by atoms with Crippen molar-refractivity contribution < 1.29 is 14.3 Å². The van der Waals surface area contributed by atoms with Gasteiger partial charge in [-0.25, -0.2) is 0 Å². The van der Waals surface area contributed by atoms with Crippen LogP contribution in [0.1, 0.15) is 20.7 Å². The van der Waals surface area contributed by atoms with Gasteiger partial charge in [0.2, 0.25) is 5.91 Å². The summed E-state index contributed by atoms with van der Waals surface area (Å²) in [5.74, 6) is -0.745. The van der Waals surface area contributed by atoms with Crippen LogP contribution >= 0.6 is 0 Å². The van der Waals surface area contributed by atoms with Gasteiger partial charge in [-0.1, -0.05) is 6.07 Å². The van der Waals surface area contributed by atoms with E-state index in [1.165, 1.54) is 0 Å². The molecule has 1 aliphatic heterocycles. The predicted octanol–water partition coefficient (Wildman–Crippen LogP) is 1.87. The van der Waals surface area contributed by atoms with Gasteiger partial charge in [-0.15, -0.1) is 0 Å². The molecule has 0 saturated carbocycles. The van der Waals surface area contributed by atoms with Crippen LogP contribution in [0.5, 0.6) is 0 Å². The van der Waals surface area contributed by atoms with E-state index >= 15 is 0 Å². The van der Waals surface area contributed by atoms with Gasteiger partial charge in [0.05, 0.1) is 13.2 Å². The normalized spacial score (nSPS) is 14.2. The Morgan fingerprint density at radius 2 is 1.67 bits per heavy atom. The third-order valence-corrected chi connectivity index (χ3v) is 3.91. The number of primary amides is 1. The quantitative estimate of drug-likeness (QED) is 0.899. The van der Waals surface area contributed by atoms with Crippen LogP contribution in [0.25, 0.3) is 0 Å². The van der Waals surface area contributed by atoms with E-state index in [1.807, 2.05) is 24.3 Å². The third-order valence-electron chi connectivity index (χ3n) is 3.91. The summed E-state index contributed by atoms with van der Waals surface area (Å²) in [7, 11) is 0. The second-order valence-corrected chi connectivity index (χ2v) is 5.55. The summed E-state index contributed by atoms with van der Waals surface area (Å²) in [5, 5.41) is 2.87. The molecule has 2 amide bonds. The van der Waals surface area contributed by atoms with Gasteiger partial charge in [-0.05, 0) is 42.5 Å². The molecule has 0 radical (unpaired) electrons. The number of carbonyl (C=O) groups excluding carboxylic acids is 2. The van der Waals surface area contributed by atoms with Crippen molar-refractivity contribution in [2.75, 3.05) is 36.5 Å². The molecule has 0 aromatic heterocycles. The number of nitrogens with zero attached hydrogens (tertiary/aromatic N) is 1. The van der Waals surface area contributed by atoms with Crippen LogP contribution in [0.3, 0.4) is 0 Å². The number of morpholine rings is 1. The maximum atomic E-state index is 12.3. The van der Waals surface area contributed by atoms with Crippen LogP contribution in [0.2, 0.25) is 0 Å². The van der Waals surface area contributed by atoms with Gasteiger partial charge in [-0.2, -0.15) is 0 Å². The van der Waals surface area contributed by atoms with Gasteiger partial charge in [-0.3, -0.25) is 9.59 Å². The summed E-state index contributed by atoms with van der Waals surface area (Å²) in [5.41, 5.74) is 7.82. The highest BCUT2D eigenvalue weighted by molar-refractivity contribution is 6.05. The molecule has 6 heteroatoms. The third kappa shape index (κ3) is 3.72. The van der Waals surface area contributed by atoms with Gasteiger partial charge in [0, 0.05) is 35.6 Å². The number of nitrogens with one attached hydrogen (secondary N) is 1. The highest BCUT2D eigenvalue weighted by Gasteiger charge is 2.12. The molecule has 0 unspecified atom stereocenters. The van der Waals surface area contributed by atoms with Gasteiger partial charge < -0.3 is 20.7 Å². The van der Waals surface area contributed by atoms with Crippen molar-refractivity contribution in [2.24, 2.45) is 5.73 Å². The highest BCUT2D eigenvalue weighted by Crippen LogP contribution is 2.21. The lowest BCUT2D eigenvalue weighted by molar-refractivity contribution is 0.0995. The summed E-state index contributed by atoms with van der Waals surface area (Å²) in [6.45, 7) is 3.10. The Bertz CT molecular complexity index is 737. The standard InChI is InChI=1S/C18H19N3O3/c19-17(22)13-4-6-14(7-5-13)18(23)20-15-2-1-3-16(12-15)21-8-10-24-11-9-21/h1-7,12H,8-11H2,(H2,19,22)(H,20,23). The summed E-state index contributed by atoms with van der Waals surface area (Å²) < 4.78 is 5.36. The Morgan fingerprint density at radius 3 is 2.33 bits per heavy atom. The molecule has 1 aliphatic rings. The fourth-order valence-electron chi connectivity index (χ4n) is 2.59. The minimum atomic E-state index is -0.514. The first-order valence-electron chi connectivity index (χ1n) is 7.77. The number of rotatable bonds is 4. The van der Waals surface area contributed by atoms with Gasteiger partial charge in [0.1, 0.15) is 0 Å². The van der Waals surface area contributed by atoms with Crippen LogP contribution < -0.4 is 16.0 Å². The SMILES string of the molecule is NC(=O)c1ccc(C(=O)Nc2cccc(N3CCOCC3)c2)cc1. The molecule has 124 valence electrons. The largest absolute Gasteiger partial charge is 0.378 e. The Hall–Kier alpha value is -2.86. The fraction of sp³-hybridized carbons (Fsp3) is 0.222. The zero-order valence-electron chi connectivity index (χ0n) is 13.2. The fourth-order valence-corrected chi connectivity index (χ4v) is 2.59. The van der Waals surface area contributed by atoms with E-state index in [-0.39, 0.29) is 5.91 Å². The molecule has 1 fully saturated rings. The maximum absolute atomic E-state index is 12.3. The first-order valence-corrected chi connectivity index (χ1v) is 7.77. The van der Waals surface area contributed by atoms with Crippen LogP contribution in [-0.2, 0) is 4.74 Å². The van der Waals surface area contributed by atoms with Crippen LogP contribution in [0.4, 0.5) is 11.4 Å². The Balaban J connectivity index is 1.70. The smallest absolute Gasteiger partial charge is 0.255 e. The summed E-state index contributed by atoms with van der Waals surface area (Å²) in [4.78, 5) is 25.6. The van der Waals surface area contributed by atoms with E-state index in [9.17, 15) is 9.59 Å². The van der Waals surface area contributed by atoms with Gasteiger partial charge in [0.15, 0.2) is 0 Å². The second kappa shape index (κ2) is 7.14. The van der Waals surface area contributed by atoms with Gasteiger partial charge >= 0.3 is 0 Å². The Morgan fingerprint density at radius 1 is 1.00 bits per heavy atom. The van der Waals surface area contributed by atoms with E-state index in [0.29, 0.717) is 24.3 Å². The number of benzene rings is 2. The number of amides is 2. The number of hydrogen-bond donors (Lipinski definition) is 2. The molecule has 0 atom stereocenters. The molecule has 2 aromatic rings. The number of nitrogens with two attached hydrogens (primary N) is 1. The number of carbonyl (C=O) groups is 2. The molecular weight excluding hydrogens is 306 g/mol. The van der Waals surface area contributed by atoms with Crippen molar-refractivity contribution in [3.05, 3.63) is 59.7 Å². The Kier molecular flexibility index (Phi) is 4.77. The van der Waals surface area contributed by atoms with E-state index in [1.54, 1.807) is 24.3 Å². The molecule has 2 aromatic carbocycles. The van der Waals surface area contributed by atoms with Crippen LogP contribution in [0, 0.1) is 0 Å². The lowest BCUT2D eigenvalue weighted by Gasteiger charge is -2.29. The molecule has 3 N–H and O–H groups in total. The lowest BCUT2D eigenvalue weighted by atomic mass is 10.1. The molecular formula is C18H19N3O3. The van der Waals surface area contributed by atoms with E-state index in [4.69, 9.17) is 10.5 Å². The molecule has 1 heterocycles. The van der Waals surface area contributed by atoms with Crippen molar-refractivity contribution >= 4 is 23.2 Å². The van der Waals surface area contributed by atoms with Crippen molar-refractivity contribution in [3.8, 4) is 0 Å². The summed E-state index contributed by atoms with van der Waals surface area (Å²) in [6.07, 6.45) is 0. The topological polar surface area (TPSA) is 84.7 Å².